The van der Waals surface area contributed by atoms with Gasteiger partial charge in [-0.1, -0.05) is 34.4 Å². The number of carbonyl (C=O) groups excluding carboxylic acids is 1. The molecule has 2 rings (SSSR count). The van der Waals surface area contributed by atoms with E-state index in [1.54, 1.807) is 18.2 Å². The van der Waals surface area contributed by atoms with Gasteiger partial charge in [-0.05, 0) is 12.1 Å². The fourth-order valence-electron chi connectivity index (χ4n) is 1.81. The number of carboxylic acids is 1. The van der Waals surface area contributed by atoms with Gasteiger partial charge in [-0.25, -0.2) is 0 Å². The Labute approximate surface area is 147 Å². The number of ether oxygens (including phenoxy) is 1. The third-order valence-corrected chi connectivity index (χ3v) is 3.66. The number of amides is 1. The minimum Gasteiger partial charge on any atom is -0.482 e. The van der Waals surface area contributed by atoms with Gasteiger partial charge < -0.3 is 19.3 Å². The van der Waals surface area contributed by atoms with Gasteiger partial charge in [-0.2, -0.15) is 0 Å². The molecule has 0 atom stereocenters. The topological polar surface area (TPSA) is 92.9 Å². The Balaban J connectivity index is 1.98. The van der Waals surface area contributed by atoms with Gasteiger partial charge in [0.15, 0.2) is 17.2 Å². The molecule has 1 amide bonds. The molecule has 0 saturated carbocycles. The normalized spacial score (nSPS) is 10.5. The average molecular weight is 373 g/mol. The summed E-state index contributed by atoms with van der Waals surface area (Å²) in [7, 11) is 1.49. The van der Waals surface area contributed by atoms with Crippen molar-refractivity contribution in [3.63, 3.8) is 0 Å². The molecule has 9 heteroatoms. The first kappa shape index (κ1) is 18.1. The minimum atomic E-state index is -0.986. The average Bonchev–Trinajstić information content (AvgIpc) is 3.00. The number of aromatic nitrogens is 1. The molecule has 0 spiro atoms. The van der Waals surface area contributed by atoms with Crippen LogP contribution in [0.25, 0.3) is 0 Å². The van der Waals surface area contributed by atoms with Gasteiger partial charge in [0, 0.05) is 19.7 Å². The smallest absolute Gasteiger partial charge is 0.305 e. The number of nitrogens with zero attached hydrogens (tertiary/aromatic N) is 2. The van der Waals surface area contributed by atoms with E-state index in [4.69, 9.17) is 37.6 Å². The number of carboxylic acid groups (broad SMARTS) is 1. The molecule has 0 aliphatic rings. The Hall–Kier alpha value is -2.25. The number of halogens is 2. The molecule has 1 aromatic carbocycles. The summed E-state index contributed by atoms with van der Waals surface area (Å²) in [6, 6.07) is 6.38. The third-order valence-electron chi connectivity index (χ3n) is 3.06. The molecule has 0 bridgehead atoms. The van der Waals surface area contributed by atoms with Crippen molar-refractivity contribution in [2.24, 2.45) is 0 Å². The number of hydrogen-bond donors (Lipinski definition) is 1. The van der Waals surface area contributed by atoms with Crippen LogP contribution < -0.4 is 4.74 Å². The lowest BCUT2D eigenvalue weighted by atomic mass is 10.3. The van der Waals surface area contributed by atoms with Crippen LogP contribution in [0.4, 0.5) is 0 Å². The van der Waals surface area contributed by atoms with Crippen LogP contribution in [0.5, 0.6) is 5.75 Å². The maximum atomic E-state index is 12.1. The number of hydrogen-bond acceptors (Lipinski definition) is 5. The Kier molecular flexibility index (Phi) is 6.05. The molecule has 7 nitrogen and oxygen atoms in total. The van der Waals surface area contributed by atoms with E-state index in [0.29, 0.717) is 21.6 Å². The first-order valence-corrected chi connectivity index (χ1v) is 7.63. The molecule has 128 valence electrons. The number of aliphatic carboxylic acids is 1. The van der Waals surface area contributed by atoms with Crippen LogP contribution in [0.2, 0.25) is 10.0 Å². The molecule has 24 heavy (non-hydrogen) atoms. The SMILES string of the molecule is CN(CCC(=O)O)C(=O)c1cc(COc2c(Cl)cccc2Cl)on1. The first-order chi connectivity index (χ1) is 11.4. The highest BCUT2D eigenvalue weighted by Crippen LogP contribution is 2.32. The maximum absolute atomic E-state index is 12.1. The fourth-order valence-corrected chi connectivity index (χ4v) is 2.31. The summed E-state index contributed by atoms with van der Waals surface area (Å²) in [5, 5.41) is 13.0. The molecule has 1 heterocycles. The summed E-state index contributed by atoms with van der Waals surface area (Å²) < 4.78 is 10.5. The minimum absolute atomic E-state index is 0.0113. The van der Waals surface area contributed by atoms with Gasteiger partial charge in [-0.3, -0.25) is 9.59 Å². The van der Waals surface area contributed by atoms with Gasteiger partial charge in [0.2, 0.25) is 0 Å². The van der Waals surface area contributed by atoms with E-state index in [1.807, 2.05) is 0 Å². The highest BCUT2D eigenvalue weighted by Gasteiger charge is 2.18. The van der Waals surface area contributed by atoms with E-state index in [1.165, 1.54) is 18.0 Å². The third kappa shape index (κ3) is 4.62. The second-order valence-corrected chi connectivity index (χ2v) is 5.70. The van der Waals surface area contributed by atoms with Crippen molar-refractivity contribution in [3.05, 3.63) is 45.8 Å². The Morgan fingerprint density at radius 3 is 2.62 bits per heavy atom. The van der Waals surface area contributed by atoms with E-state index in [2.05, 4.69) is 5.16 Å². The van der Waals surface area contributed by atoms with Crippen LogP contribution in [0.15, 0.2) is 28.8 Å². The summed E-state index contributed by atoms with van der Waals surface area (Å²) in [6.07, 6.45) is -0.152. The highest BCUT2D eigenvalue weighted by molar-refractivity contribution is 6.37. The van der Waals surface area contributed by atoms with E-state index in [-0.39, 0.29) is 25.3 Å². The standard InChI is InChI=1S/C15H14Cl2N2O5/c1-19(6-5-13(20)21)15(22)12-7-9(24-18-12)8-23-14-10(16)3-2-4-11(14)17/h2-4,7H,5-6,8H2,1H3,(H,20,21). The lowest BCUT2D eigenvalue weighted by Gasteiger charge is -2.13. The van der Waals surface area contributed by atoms with Crippen LogP contribution >= 0.6 is 23.2 Å². The summed E-state index contributed by atoms with van der Waals surface area (Å²) in [6.45, 7) is 0.0602. The monoisotopic (exact) mass is 372 g/mol. The van der Waals surface area contributed by atoms with Crippen LogP contribution in [0.3, 0.4) is 0 Å². The van der Waals surface area contributed by atoms with Crippen LogP contribution in [-0.2, 0) is 11.4 Å². The second kappa shape index (κ2) is 8.03. The molecule has 0 unspecified atom stereocenters. The molecule has 1 N–H and O–H groups in total. The van der Waals surface area contributed by atoms with Gasteiger partial charge >= 0.3 is 5.97 Å². The van der Waals surface area contributed by atoms with Crippen molar-refractivity contribution in [2.75, 3.05) is 13.6 Å². The van der Waals surface area contributed by atoms with Crippen molar-refractivity contribution in [1.29, 1.82) is 0 Å². The van der Waals surface area contributed by atoms with Crippen molar-refractivity contribution in [1.82, 2.24) is 10.1 Å². The zero-order chi connectivity index (χ0) is 17.7. The number of carbonyl (C=O) groups is 2. The molecule has 0 fully saturated rings. The highest BCUT2D eigenvalue weighted by atomic mass is 35.5. The lowest BCUT2D eigenvalue weighted by molar-refractivity contribution is -0.137. The summed E-state index contributed by atoms with van der Waals surface area (Å²) >= 11 is 12.0. The zero-order valence-corrected chi connectivity index (χ0v) is 14.2. The van der Waals surface area contributed by atoms with E-state index in [9.17, 15) is 9.59 Å². The number of para-hydroxylation sites is 1. The van der Waals surface area contributed by atoms with Crippen molar-refractivity contribution >= 4 is 35.1 Å². The first-order valence-electron chi connectivity index (χ1n) is 6.88. The molecule has 0 radical (unpaired) electrons. The van der Waals surface area contributed by atoms with Crippen LogP contribution in [-0.4, -0.2) is 40.6 Å². The summed E-state index contributed by atoms with van der Waals surface area (Å²) in [5.74, 6) is -0.813. The van der Waals surface area contributed by atoms with Gasteiger partial charge in [0.25, 0.3) is 5.91 Å². The van der Waals surface area contributed by atoms with Gasteiger partial charge in [0.1, 0.15) is 6.61 Å². The van der Waals surface area contributed by atoms with E-state index < -0.39 is 11.9 Å². The molecular weight excluding hydrogens is 359 g/mol. The Morgan fingerprint density at radius 2 is 2.00 bits per heavy atom. The predicted octanol–water partition coefficient (Wildman–Crippen LogP) is 3.11. The lowest BCUT2D eigenvalue weighted by Crippen LogP contribution is -2.29. The number of rotatable bonds is 7. The molecular formula is C15H14Cl2N2O5. The van der Waals surface area contributed by atoms with Crippen LogP contribution in [0.1, 0.15) is 22.7 Å². The van der Waals surface area contributed by atoms with Crippen molar-refractivity contribution < 1.29 is 24.0 Å². The zero-order valence-electron chi connectivity index (χ0n) is 12.7. The molecule has 1 aromatic heterocycles. The largest absolute Gasteiger partial charge is 0.482 e. The maximum Gasteiger partial charge on any atom is 0.305 e. The van der Waals surface area contributed by atoms with Gasteiger partial charge in [-0.15, -0.1) is 0 Å². The quantitative estimate of drug-likeness (QED) is 0.802. The van der Waals surface area contributed by atoms with E-state index in [0.717, 1.165) is 0 Å². The van der Waals surface area contributed by atoms with Crippen LogP contribution in [0, 0.1) is 0 Å². The predicted molar refractivity (Wildman–Crippen MR) is 86.5 cm³/mol. The molecule has 0 aliphatic heterocycles. The molecule has 0 aliphatic carbocycles. The Bertz CT molecular complexity index is 727. The van der Waals surface area contributed by atoms with Crippen molar-refractivity contribution in [3.8, 4) is 5.75 Å². The number of benzene rings is 1. The molecule has 0 saturated heterocycles. The van der Waals surface area contributed by atoms with Crippen molar-refractivity contribution in [2.45, 2.75) is 13.0 Å². The Morgan fingerprint density at radius 1 is 1.33 bits per heavy atom. The van der Waals surface area contributed by atoms with E-state index >= 15 is 0 Å². The summed E-state index contributed by atoms with van der Waals surface area (Å²) in [4.78, 5) is 23.9. The fraction of sp³-hybridized carbons (Fsp3) is 0.267. The summed E-state index contributed by atoms with van der Waals surface area (Å²) in [5.41, 5.74) is 0.0618. The second-order valence-electron chi connectivity index (χ2n) is 4.89. The van der Waals surface area contributed by atoms with Gasteiger partial charge in [0.05, 0.1) is 16.5 Å². The molecule has 2 aromatic rings.